The van der Waals surface area contributed by atoms with Crippen molar-refractivity contribution < 1.29 is 14.3 Å². The highest BCUT2D eigenvalue weighted by Crippen LogP contribution is 2.32. The summed E-state index contributed by atoms with van der Waals surface area (Å²) in [6, 6.07) is 16.2. The summed E-state index contributed by atoms with van der Waals surface area (Å²) in [5.74, 6) is 1.94. The maximum atomic E-state index is 12.7. The first-order chi connectivity index (χ1) is 18.4. The zero-order valence-electron chi connectivity index (χ0n) is 20.7. The van der Waals surface area contributed by atoms with Crippen molar-refractivity contribution in [3.63, 3.8) is 0 Å². The molecule has 11 heteroatoms. The van der Waals surface area contributed by atoms with E-state index in [9.17, 15) is 4.79 Å². The number of ether oxygens (including phenoxy) is 2. The fraction of sp³-hybridized carbons (Fsp3) is 0.259. The van der Waals surface area contributed by atoms with Gasteiger partial charge in [-0.05, 0) is 61.5 Å². The van der Waals surface area contributed by atoms with Crippen LogP contribution < -0.4 is 20.1 Å². The lowest BCUT2D eigenvalue weighted by molar-refractivity contribution is -0.133. The van der Waals surface area contributed by atoms with Crippen molar-refractivity contribution in [2.45, 2.75) is 6.92 Å². The largest absolute Gasteiger partial charge is 0.492 e. The highest BCUT2D eigenvalue weighted by atomic mass is 35.5. The zero-order chi connectivity index (χ0) is 26.6. The summed E-state index contributed by atoms with van der Waals surface area (Å²) in [6.45, 7) is 4.57. The second kappa shape index (κ2) is 11.3. The van der Waals surface area contributed by atoms with Crippen LogP contribution in [0.3, 0.4) is 0 Å². The molecule has 0 bridgehead atoms. The molecule has 1 aliphatic heterocycles. The third-order valence-corrected chi connectivity index (χ3v) is 6.72. The number of pyridine rings is 1. The summed E-state index contributed by atoms with van der Waals surface area (Å²) >= 11 is 12.3. The van der Waals surface area contributed by atoms with E-state index in [1.165, 1.54) is 0 Å². The van der Waals surface area contributed by atoms with Crippen molar-refractivity contribution in [1.82, 2.24) is 19.9 Å². The average molecular weight is 553 g/mol. The van der Waals surface area contributed by atoms with Crippen molar-refractivity contribution >= 4 is 51.9 Å². The number of nitrogen functional groups attached to an aromatic ring is 1. The minimum atomic E-state index is -0.0838. The molecule has 0 atom stereocenters. The molecule has 196 valence electrons. The lowest BCUT2D eigenvalue weighted by Crippen LogP contribution is -2.50. The second-order valence-corrected chi connectivity index (χ2v) is 9.50. The SMILES string of the molecule is CCOc1ccc(-c2ccc3nc(N)nc(N4CCN(C(=O)COc5ccc(Cl)cc5)CC4)c3n2)cc1Cl. The number of amides is 1. The molecule has 0 saturated carbocycles. The molecule has 38 heavy (non-hydrogen) atoms. The number of nitrogens with two attached hydrogens (primary N) is 1. The zero-order valence-corrected chi connectivity index (χ0v) is 22.2. The number of rotatable bonds is 7. The molecule has 0 unspecified atom stereocenters. The first-order valence-corrected chi connectivity index (χ1v) is 12.9. The maximum absolute atomic E-state index is 12.7. The summed E-state index contributed by atoms with van der Waals surface area (Å²) in [5, 5.41) is 1.13. The van der Waals surface area contributed by atoms with E-state index in [1.54, 1.807) is 29.2 Å². The Morgan fingerprint density at radius 2 is 1.71 bits per heavy atom. The monoisotopic (exact) mass is 552 g/mol. The number of hydrogen-bond acceptors (Lipinski definition) is 8. The van der Waals surface area contributed by atoms with E-state index < -0.39 is 0 Å². The molecule has 0 spiro atoms. The van der Waals surface area contributed by atoms with Gasteiger partial charge in [0.25, 0.3) is 5.91 Å². The Balaban J connectivity index is 1.31. The number of anilines is 2. The van der Waals surface area contributed by atoms with Crippen LogP contribution in [0.25, 0.3) is 22.3 Å². The highest BCUT2D eigenvalue weighted by Gasteiger charge is 2.25. The van der Waals surface area contributed by atoms with Crippen LogP contribution in [0.4, 0.5) is 11.8 Å². The molecule has 1 saturated heterocycles. The van der Waals surface area contributed by atoms with E-state index in [0.29, 0.717) is 71.2 Å². The normalized spacial score (nSPS) is 13.6. The van der Waals surface area contributed by atoms with Gasteiger partial charge >= 0.3 is 0 Å². The Morgan fingerprint density at radius 3 is 2.42 bits per heavy atom. The molecule has 2 N–H and O–H groups in total. The Morgan fingerprint density at radius 1 is 0.947 bits per heavy atom. The second-order valence-electron chi connectivity index (χ2n) is 8.66. The van der Waals surface area contributed by atoms with Crippen molar-refractivity contribution in [2.75, 3.05) is 50.0 Å². The Labute approximate surface area is 230 Å². The Kier molecular flexibility index (Phi) is 7.67. The van der Waals surface area contributed by atoms with Gasteiger partial charge in [0.15, 0.2) is 12.4 Å². The summed E-state index contributed by atoms with van der Waals surface area (Å²) in [6.07, 6.45) is 0. The summed E-state index contributed by atoms with van der Waals surface area (Å²) < 4.78 is 11.2. The molecule has 3 heterocycles. The number of nitrogens with zero attached hydrogens (tertiary/aromatic N) is 5. The van der Waals surface area contributed by atoms with E-state index in [4.69, 9.17) is 43.4 Å². The molecule has 1 aliphatic rings. The van der Waals surface area contributed by atoms with Crippen LogP contribution in [0, 0.1) is 0 Å². The smallest absolute Gasteiger partial charge is 0.260 e. The van der Waals surface area contributed by atoms with Crippen LogP contribution in [0.1, 0.15) is 6.92 Å². The topological polar surface area (TPSA) is 107 Å². The average Bonchev–Trinajstić information content (AvgIpc) is 2.93. The highest BCUT2D eigenvalue weighted by molar-refractivity contribution is 6.32. The van der Waals surface area contributed by atoms with Crippen LogP contribution in [-0.2, 0) is 4.79 Å². The molecular formula is C27H26Cl2N6O3. The van der Waals surface area contributed by atoms with Gasteiger partial charge in [-0.3, -0.25) is 4.79 Å². The van der Waals surface area contributed by atoms with Gasteiger partial charge < -0.3 is 25.0 Å². The summed E-state index contributed by atoms with van der Waals surface area (Å²) in [7, 11) is 0. The van der Waals surface area contributed by atoms with Crippen LogP contribution >= 0.6 is 23.2 Å². The van der Waals surface area contributed by atoms with Gasteiger partial charge in [-0.15, -0.1) is 0 Å². The third kappa shape index (κ3) is 5.69. The number of benzene rings is 2. The quantitative estimate of drug-likeness (QED) is 0.351. The van der Waals surface area contributed by atoms with Crippen LogP contribution in [-0.4, -0.2) is 65.2 Å². The van der Waals surface area contributed by atoms with E-state index in [-0.39, 0.29) is 18.5 Å². The molecule has 1 fully saturated rings. The number of hydrogen-bond donors (Lipinski definition) is 1. The van der Waals surface area contributed by atoms with E-state index >= 15 is 0 Å². The fourth-order valence-electron chi connectivity index (χ4n) is 4.27. The first-order valence-electron chi connectivity index (χ1n) is 12.2. The lowest BCUT2D eigenvalue weighted by atomic mass is 10.1. The minimum Gasteiger partial charge on any atom is -0.492 e. The van der Waals surface area contributed by atoms with Crippen LogP contribution in [0.15, 0.2) is 54.6 Å². The number of aromatic nitrogens is 3. The van der Waals surface area contributed by atoms with E-state index in [0.717, 1.165) is 11.3 Å². The van der Waals surface area contributed by atoms with E-state index in [2.05, 4.69) is 14.9 Å². The van der Waals surface area contributed by atoms with Gasteiger partial charge in [0.1, 0.15) is 17.0 Å². The number of carbonyl (C=O) groups is 1. The molecule has 0 radical (unpaired) electrons. The summed E-state index contributed by atoms with van der Waals surface area (Å²) in [4.78, 5) is 30.3. The van der Waals surface area contributed by atoms with Gasteiger partial charge in [-0.2, -0.15) is 4.98 Å². The molecule has 1 amide bonds. The van der Waals surface area contributed by atoms with Crippen molar-refractivity contribution in [3.8, 4) is 22.8 Å². The van der Waals surface area contributed by atoms with Crippen LogP contribution in [0.5, 0.6) is 11.5 Å². The van der Waals surface area contributed by atoms with Crippen LogP contribution in [0.2, 0.25) is 10.0 Å². The molecule has 4 aromatic rings. The number of fused-ring (bicyclic) bond motifs is 1. The predicted molar refractivity (Wildman–Crippen MR) is 149 cm³/mol. The van der Waals surface area contributed by atoms with Gasteiger partial charge in [-0.25, -0.2) is 9.97 Å². The molecular weight excluding hydrogens is 527 g/mol. The molecule has 2 aromatic heterocycles. The minimum absolute atomic E-state index is 0.0411. The number of carbonyl (C=O) groups excluding carboxylic acids is 1. The van der Waals surface area contributed by atoms with Crippen molar-refractivity contribution in [2.24, 2.45) is 0 Å². The molecule has 2 aromatic carbocycles. The maximum Gasteiger partial charge on any atom is 0.260 e. The van der Waals surface area contributed by atoms with Crippen molar-refractivity contribution in [1.29, 1.82) is 0 Å². The fourth-order valence-corrected chi connectivity index (χ4v) is 4.63. The van der Waals surface area contributed by atoms with Gasteiger partial charge in [-0.1, -0.05) is 23.2 Å². The van der Waals surface area contributed by atoms with E-state index in [1.807, 2.05) is 37.3 Å². The molecule has 0 aliphatic carbocycles. The third-order valence-electron chi connectivity index (χ3n) is 6.18. The molecule has 5 rings (SSSR count). The first kappa shape index (κ1) is 25.8. The van der Waals surface area contributed by atoms with Gasteiger partial charge in [0, 0.05) is 36.8 Å². The molecule has 9 nitrogen and oxygen atoms in total. The lowest BCUT2D eigenvalue weighted by Gasteiger charge is -2.35. The van der Waals surface area contributed by atoms with Gasteiger partial charge in [0.05, 0.1) is 22.8 Å². The standard InChI is InChI=1S/C27H26Cl2N6O3/c1-2-37-23-10-3-17(15-20(23)29)21-8-9-22-25(31-21)26(33-27(30)32-22)35-13-11-34(12-14-35)24(36)16-38-19-6-4-18(28)5-7-19/h3-10,15H,2,11-14,16H2,1H3,(H2,30,32,33). The Bertz CT molecular complexity index is 1460. The van der Waals surface area contributed by atoms with Crippen molar-refractivity contribution in [3.05, 3.63) is 64.6 Å². The Hall–Kier alpha value is -3.82. The number of halogens is 2. The predicted octanol–water partition coefficient (Wildman–Crippen LogP) is 4.71. The van der Waals surface area contributed by atoms with Gasteiger partial charge in [0.2, 0.25) is 5.95 Å². The number of piperazine rings is 1. The summed E-state index contributed by atoms with van der Waals surface area (Å²) in [5.41, 5.74) is 8.88.